The van der Waals surface area contributed by atoms with Gasteiger partial charge in [-0.15, -0.1) is 0 Å². The first kappa shape index (κ1) is 13.6. The standard InChI is InChI=1S/C16H22N2O2/c1-8-9(2)20-10(3)15(8)16(17)11-4-5-13-12(6-11)7-14(19)18-13/h4-6,8-10,15-16H,7,17H2,1-3H3,(H,18,19). The highest BCUT2D eigenvalue weighted by Gasteiger charge is 2.41. The third-order valence-corrected chi connectivity index (χ3v) is 4.87. The Labute approximate surface area is 119 Å². The number of nitrogens with one attached hydrogen (secondary N) is 1. The fourth-order valence-corrected chi connectivity index (χ4v) is 3.59. The second-order valence-electron chi connectivity index (χ2n) is 6.15. The van der Waals surface area contributed by atoms with Gasteiger partial charge in [0.2, 0.25) is 5.91 Å². The Kier molecular flexibility index (Phi) is 3.30. The predicted molar refractivity (Wildman–Crippen MR) is 78.4 cm³/mol. The molecule has 0 aliphatic carbocycles. The lowest BCUT2D eigenvalue weighted by molar-refractivity contribution is -0.115. The SMILES string of the molecule is CC1OC(C)C(C(N)c2ccc3c(c2)CC(=O)N3)C1C. The van der Waals surface area contributed by atoms with E-state index in [1.165, 1.54) is 0 Å². The highest BCUT2D eigenvalue weighted by molar-refractivity contribution is 5.99. The summed E-state index contributed by atoms with van der Waals surface area (Å²) in [5.41, 5.74) is 9.56. The number of hydrogen-bond acceptors (Lipinski definition) is 3. The minimum Gasteiger partial charge on any atom is -0.375 e. The van der Waals surface area contributed by atoms with Gasteiger partial charge < -0.3 is 15.8 Å². The van der Waals surface area contributed by atoms with E-state index < -0.39 is 0 Å². The first-order valence-corrected chi connectivity index (χ1v) is 7.31. The molecule has 1 amide bonds. The van der Waals surface area contributed by atoms with Crippen LogP contribution in [0, 0.1) is 11.8 Å². The number of carbonyl (C=O) groups excluding carboxylic acids is 1. The third-order valence-electron chi connectivity index (χ3n) is 4.87. The maximum Gasteiger partial charge on any atom is 0.228 e. The summed E-state index contributed by atoms with van der Waals surface area (Å²) in [6.45, 7) is 6.42. The lowest BCUT2D eigenvalue weighted by atomic mass is 9.80. The lowest BCUT2D eigenvalue weighted by Crippen LogP contribution is -2.30. The van der Waals surface area contributed by atoms with Gasteiger partial charge in [-0.3, -0.25) is 4.79 Å². The molecule has 0 bridgehead atoms. The van der Waals surface area contributed by atoms with Crippen molar-refractivity contribution in [1.29, 1.82) is 0 Å². The van der Waals surface area contributed by atoms with E-state index in [0.29, 0.717) is 18.3 Å². The fourth-order valence-electron chi connectivity index (χ4n) is 3.59. The van der Waals surface area contributed by atoms with Crippen LogP contribution in [0.2, 0.25) is 0 Å². The van der Waals surface area contributed by atoms with Crippen molar-refractivity contribution in [3.05, 3.63) is 29.3 Å². The smallest absolute Gasteiger partial charge is 0.228 e. The van der Waals surface area contributed by atoms with Gasteiger partial charge in [0, 0.05) is 17.6 Å². The van der Waals surface area contributed by atoms with E-state index in [2.05, 4.69) is 32.2 Å². The molecule has 5 unspecified atom stereocenters. The number of benzene rings is 1. The summed E-state index contributed by atoms with van der Waals surface area (Å²) in [4.78, 5) is 11.4. The summed E-state index contributed by atoms with van der Waals surface area (Å²) in [5, 5.41) is 2.85. The van der Waals surface area contributed by atoms with Gasteiger partial charge in [-0.1, -0.05) is 19.1 Å². The van der Waals surface area contributed by atoms with Crippen LogP contribution in [0.4, 0.5) is 5.69 Å². The Bertz CT molecular complexity index is 543. The molecule has 3 N–H and O–H groups in total. The van der Waals surface area contributed by atoms with Crippen LogP contribution in [0.3, 0.4) is 0 Å². The summed E-state index contributed by atoms with van der Waals surface area (Å²) >= 11 is 0. The molecule has 4 nitrogen and oxygen atoms in total. The van der Waals surface area contributed by atoms with Gasteiger partial charge in [0.1, 0.15) is 0 Å². The molecule has 0 saturated carbocycles. The molecule has 0 spiro atoms. The van der Waals surface area contributed by atoms with Crippen molar-refractivity contribution in [1.82, 2.24) is 0 Å². The summed E-state index contributed by atoms with van der Waals surface area (Å²) in [6.07, 6.45) is 0.875. The Morgan fingerprint density at radius 2 is 2.05 bits per heavy atom. The van der Waals surface area contributed by atoms with Crippen molar-refractivity contribution >= 4 is 11.6 Å². The van der Waals surface area contributed by atoms with Crippen molar-refractivity contribution in [2.24, 2.45) is 17.6 Å². The summed E-state index contributed by atoms with van der Waals surface area (Å²) in [7, 11) is 0. The van der Waals surface area contributed by atoms with E-state index in [1.807, 2.05) is 12.1 Å². The number of fused-ring (bicyclic) bond motifs is 1. The number of amides is 1. The molecular formula is C16H22N2O2. The molecular weight excluding hydrogens is 252 g/mol. The topological polar surface area (TPSA) is 64.3 Å². The van der Waals surface area contributed by atoms with E-state index >= 15 is 0 Å². The Morgan fingerprint density at radius 1 is 1.30 bits per heavy atom. The number of rotatable bonds is 2. The molecule has 0 radical (unpaired) electrons. The van der Waals surface area contributed by atoms with Gasteiger partial charge in [-0.25, -0.2) is 0 Å². The average molecular weight is 274 g/mol. The van der Waals surface area contributed by atoms with Crippen LogP contribution in [-0.2, 0) is 16.0 Å². The average Bonchev–Trinajstić information content (AvgIpc) is 2.87. The molecule has 1 aromatic rings. The number of hydrogen-bond donors (Lipinski definition) is 2. The Morgan fingerprint density at radius 3 is 2.70 bits per heavy atom. The van der Waals surface area contributed by atoms with Crippen molar-refractivity contribution in [3.8, 4) is 0 Å². The Hall–Kier alpha value is -1.39. The zero-order valence-electron chi connectivity index (χ0n) is 12.2. The van der Waals surface area contributed by atoms with Crippen LogP contribution in [-0.4, -0.2) is 18.1 Å². The van der Waals surface area contributed by atoms with Gasteiger partial charge in [0.15, 0.2) is 0 Å². The normalized spacial score (nSPS) is 33.9. The quantitative estimate of drug-likeness (QED) is 0.869. The molecule has 4 heteroatoms. The minimum atomic E-state index is -0.0500. The number of nitrogens with two attached hydrogens (primary N) is 1. The predicted octanol–water partition coefficient (Wildman–Crippen LogP) is 2.24. The van der Waals surface area contributed by atoms with E-state index in [-0.39, 0.29) is 24.2 Å². The number of ether oxygens (including phenoxy) is 1. The fraction of sp³-hybridized carbons (Fsp3) is 0.562. The van der Waals surface area contributed by atoms with E-state index in [9.17, 15) is 4.79 Å². The highest BCUT2D eigenvalue weighted by Crippen LogP contribution is 2.40. The van der Waals surface area contributed by atoms with Crippen LogP contribution in [0.1, 0.15) is 37.9 Å². The molecule has 2 heterocycles. The number of carbonyl (C=O) groups is 1. The van der Waals surface area contributed by atoms with Gasteiger partial charge in [0.05, 0.1) is 18.6 Å². The van der Waals surface area contributed by atoms with Crippen LogP contribution < -0.4 is 11.1 Å². The molecule has 5 atom stereocenters. The molecule has 20 heavy (non-hydrogen) atoms. The van der Waals surface area contributed by atoms with Crippen LogP contribution in [0.5, 0.6) is 0 Å². The zero-order chi connectivity index (χ0) is 14.4. The molecule has 3 rings (SSSR count). The van der Waals surface area contributed by atoms with Crippen molar-refractivity contribution < 1.29 is 9.53 Å². The second kappa shape index (κ2) is 4.86. The monoisotopic (exact) mass is 274 g/mol. The van der Waals surface area contributed by atoms with Crippen molar-refractivity contribution in [3.63, 3.8) is 0 Å². The molecule has 108 valence electrons. The van der Waals surface area contributed by atoms with E-state index in [0.717, 1.165) is 16.8 Å². The highest BCUT2D eigenvalue weighted by atomic mass is 16.5. The maximum atomic E-state index is 11.4. The molecule has 1 aromatic carbocycles. The Balaban J connectivity index is 1.86. The van der Waals surface area contributed by atoms with E-state index in [4.69, 9.17) is 10.5 Å². The summed E-state index contributed by atoms with van der Waals surface area (Å²) < 4.78 is 5.89. The van der Waals surface area contributed by atoms with Crippen LogP contribution >= 0.6 is 0 Å². The summed E-state index contributed by atoms with van der Waals surface area (Å²) in [6, 6.07) is 6.01. The van der Waals surface area contributed by atoms with Crippen LogP contribution in [0.25, 0.3) is 0 Å². The van der Waals surface area contributed by atoms with Gasteiger partial charge in [-0.05, 0) is 37.0 Å². The van der Waals surface area contributed by atoms with Crippen molar-refractivity contribution in [2.45, 2.75) is 45.4 Å². The van der Waals surface area contributed by atoms with Crippen LogP contribution in [0.15, 0.2) is 18.2 Å². The first-order chi connectivity index (χ1) is 9.47. The molecule has 2 aliphatic rings. The van der Waals surface area contributed by atoms with Gasteiger partial charge in [-0.2, -0.15) is 0 Å². The molecule has 1 fully saturated rings. The molecule has 0 aromatic heterocycles. The third kappa shape index (κ3) is 2.13. The zero-order valence-corrected chi connectivity index (χ0v) is 12.2. The largest absolute Gasteiger partial charge is 0.375 e. The molecule has 1 saturated heterocycles. The molecule has 2 aliphatic heterocycles. The minimum absolute atomic E-state index is 0.0500. The maximum absolute atomic E-state index is 11.4. The number of anilines is 1. The van der Waals surface area contributed by atoms with Gasteiger partial charge in [0.25, 0.3) is 0 Å². The van der Waals surface area contributed by atoms with Gasteiger partial charge >= 0.3 is 0 Å². The lowest BCUT2D eigenvalue weighted by Gasteiger charge is -2.26. The second-order valence-corrected chi connectivity index (χ2v) is 6.15. The van der Waals surface area contributed by atoms with Crippen molar-refractivity contribution in [2.75, 3.05) is 5.32 Å². The summed E-state index contributed by atoms with van der Waals surface area (Å²) in [5.74, 6) is 0.811. The first-order valence-electron chi connectivity index (χ1n) is 7.31. The van der Waals surface area contributed by atoms with E-state index in [1.54, 1.807) is 0 Å².